The largest absolute Gasteiger partial charge is 0.493 e. The van der Waals surface area contributed by atoms with Crippen LogP contribution in [0.5, 0.6) is 11.5 Å². The van der Waals surface area contributed by atoms with E-state index in [0.29, 0.717) is 17.7 Å². The van der Waals surface area contributed by atoms with Crippen LogP contribution in [-0.2, 0) is 9.53 Å². The highest BCUT2D eigenvalue weighted by atomic mass is 16.6. The average Bonchev–Trinajstić information content (AvgIpc) is 2.45. The number of nitro groups is 1. The number of Topliss-reactive ketones (excluding diaryl/α,β-unsaturated/α-hetero) is 1. The highest BCUT2D eigenvalue weighted by Crippen LogP contribution is 2.40. The maximum Gasteiger partial charge on any atom is 0.279 e. The van der Waals surface area contributed by atoms with Crippen molar-refractivity contribution in [3.8, 4) is 11.5 Å². The van der Waals surface area contributed by atoms with E-state index in [-0.39, 0.29) is 30.2 Å². The molecule has 1 aromatic rings. The zero-order valence-electron chi connectivity index (χ0n) is 11.3. The van der Waals surface area contributed by atoms with Crippen LogP contribution in [0.15, 0.2) is 12.1 Å². The van der Waals surface area contributed by atoms with Crippen LogP contribution in [0.3, 0.4) is 0 Å². The lowest BCUT2D eigenvalue weighted by atomic mass is 9.98. The molecule has 1 heterocycles. The van der Waals surface area contributed by atoms with Gasteiger partial charge in [-0.3, -0.25) is 14.9 Å². The topological polar surface area (TPSA) is 87.9 Å². The molecule has 0 spiro atoms. The predicted octanol–water partition coefficient (Wildman–Crippen LogP) is 2.03. The molecular weight excluding hydrogens is 266 g/mol. The fourth-order valence-electron chi connectivity index (χ4n) is 2.18. The molecule has 1 aromatic carbocycles. The van der Waals surface area contributed by atoms with Gasteiger partial charge in [0, 0.05) is 12.8 Å². The fraction of sp³-hybridized carbons (Fsp3) is 0.462. The monoisotopic (exact) mass is 281 g/mol. The van der Waals surface area contributed by atoms with Crippen LogP contribution in [0, 0.1) is 10.1 Å². The van der Waals surface area contributed by atoms with Crippen molar-refractivity contribution in [2.45, 2.75) is 18.9 Å². The highest BCUT2D eigenvalue weighted by Gasteiger charge is 2.30. The lowest BCUT2D eigenvalue weighted by Crippen LogP contribution is -2.20. The summed E-state index contributed by atoms with van der Waals surface area (Å²) in [6.07, 6.45) is -0.134. The number of hydrogen-bond donors (Lipinski definition) is 0. The summed E-state index contributed by atoms with van der Waals surface area (Å²) in [4.78, 5) is 22.2. The first-order valence-corrected chi connectivity index (χ1v) is 6.10. The molecule has 1 aliphatic heterocycles. The molecule has 2 rings (SSSR count). The molecule has 0 radical (unpaired) electrons. The van der Waals surface area contributed by atoms with Gasteiger partial charge >= 0.3 is 0 Å². The Morgan fingerprint density at radius 3 is 2.50 bits per heavy atom. The molecule has 1 saturated heterocycles. The molecule has 1 aliphatic rings. The van der Waals surface area contributed by atoms with Crippen molar-refractivity contribution in [3.63, 3.8) is 0 Å². The number of rotatable bonds is 4. The summed E-state index contributed by atoms with van der Waals surface area (Å²) in [5.74, 6) is 0.671. The van der Waals surface area contributed by atoms with Crippen LogP contribution in [0.1, 0.15) is 24.5 Å². The fourth-order valence-corrected chi connectivity index (χ4v) is 2.18. The normalized spacial score (nSPS) is 18.7. The van der Waals surface area contributed by atoms with Gasteiger partial charge in [-0.15, -0.1) is 0 Å². The van der Waals surface area contributed by atoms with Crippen LogP contribution in [0.4, 0.5) is 5.69 Å². The Morgan fingerprint density at radius 1 is 1.30 bits per heavy atom. The first-order chi connectivity index (χ1) is 9.56. The number of nitrogens with zero attached hydrogens (tertiary/aromatic N) is 1. The van der Waals surface area contributed by atoms with E-state index in [2.05, 4.69) is 0 Å². The van der Waals surface area contributed by atoms with Crippen molar-refractivity contribution in [3.05, 3.63) is 27.8 Å². The van der Waals surface area contributed by atoms with Crippen LogP contribution in [-0.4, -0.2) is 31.5 Å². The van der Waals surface area contributed by atoms with E-state index in [4.69, 9.17) is 14.2 Å². The smallest absolute Gasteiger partial charge is 0.279 e. The first-order valence-electron chi connectivity index (χ1n) is 6.10. The highest BCUT2D eigenvalue weighted by molar-refractivity contribution is 5.80. The minimum atomic E-state index is -0.614. The number of carbonyl (C=O) groups excluding carboxylic acids is 1. The maximum absolute atomic E-state index is 11.5. The second-order valence-corrected chi connectivity index (χ2v) is 4.38. The molecule has 7 nitrogen and oxygen atoms in total. The number of hydrogen-bond acceptors (Lipinski definition) is 6. The molecule has 108 valence electrons. The third-order valence-electron chi connectivity index (χ3n) is 3.19. The number of nitro benzene ring substituents is 1. The van der Waals surface area contributed by atoms with Crippen molar-refractivity contribution in [1.29, 1.82) is 0 Å². The summed E-state index contributed by atoms with van der Waals surface area (Å²) >= 11 is 0. The minimum Gasteiger partial charge on any atom is -0.493 e. The SMILES string of the molecule is COc1cc(C2CC(=O)CCO2)c([N+](=O)[O-])cc1OC. The Labute approximate surface area is 115 Å². The summed E-state index contributed by atoms with van der Waals surface area (Å²) < 4.78 is 15.7. The Hall–Kier alpha value is -2.15. The van der Waals surface area contributed by atoms with E-state index in [1.807, 2.05) is 0 Å². The molecule has 0 saturated carbocycles. The quantitative estimate of drug-likeness (QED) is 0.619. The second kappa shape index (κ2) is 5.87. The Kier molecular flexibility index (Phi) is 4.19. The predicted molar refractivity (Wildman–Crippen MR) is 69.1 cm³/mol. The van der Waals surface area contributed by atoms with Gasteiger partial charge in [-0.05, 0) is 6.07 Å². The van der Waals surface area contributed by atoms with Crippen LogP contribution >= 0.6 is 0 Å². The Bertz CT molecular complexity index is 542. The third-order valence-corrected chi connectivity index (χ3v) is 3.19. The molecule has 0 amide bonds. The van der Waals surface area contributed by atoms with Gasteiger partial charge in [0.15, 0.2) is 11.5 Å². The van der Waals surface area contributed by atoms with Crippen molar-refractivity contribution < 1.29 is 23.9 Å². The van der Waals surface area contributed by atoms with Crippen molar-refractivity contribution >= 4 is 11.5 Å². The average molecular weight is 281 g/mol. The molecule has 1 atom stereocenters. The van der Waals surface area contributed by atoms with Gasteiger partial charge in [0.25, 0.3) is 5.69 Å². The van der Waals surface area contributed by atoms with Crippen LogP contribution < -0.4 is 9.47 Å². The van der Waals surface area contributed by atoms with E-state index in [1.54, 1.807) is 0 Å². The Morgan fingerprint density at radius 2 is 1.95 bits per heavy atom. The minimum absolute atomic E-state index is 0.0327. The number of methoxy groups -OCH3 is 2. The molecule has 0 aromatic heterocycles. The standard InChI is InChI=1S/C13H15NO6/c1-18-12-6-9(11-5-8(15)3-4-20-11)10(14(16)17)7-13(12)19-2/h6-7,11H,3-5H2,1-2H3. The first kappa shape index (κ1) is 14.3. The molecule has 7 heteroatoms. The number of benzene rings is 1. The lowest BCUT2D eigenvalue weighted by Gasteiger charge is -2.22. The van der Waals surface area contributed by atoms with Crippen LogP contribution in [0.25, 0.3) is 0 Å². The van der Waals surface area contributed by atoms with E-state index < -0.39 is 11.0 Å². The van der Waals surface area contributed by atoms with E-state index in [0.717, 1.165) is 0 Å². The summed E-state index contributed by atoms with van der Waals surface area (Å²) in [6, 6.07) is 2.79. The van der Waals surface area contributed by atoms with Gasteiger partial charge in [0.1, 0.15) is 5.78 Å². The number of carbonyl (C=O) groups is 1. The van der Waals surface area contributed by atoms with E-state index in [1.165, 1.54) is 26.4 Å². The number of ether oxygens (including phenoxy) is 3. The zero-order valence-corrected chi connectivity index (χ0v) is 11.3. The summed E-state index contributed by atoms with van der Waals surface area (Å²) in [5, 5.41) is 11.2. The molecule has 1 unspecified atom stereocenters. The van der Waals surface area contributed by atoms with Crippen molar-refractivity contribution in [1.82, 2.24) is 0 Å². The van der Waals surface area contributed by atoms with Gasteiger partial charge in [-0.25, -0.2) is 0 Å². The summed E-state index contributed by atoms with van der Waals surface area (Å²) in [6.45, 7) is 0.273. The maximum atomic E-state index is 11.5. The molecule has 0 aliphatic carbocycles. The second-order valence-electron chi connectivity index (χ2n) is 4.38. The molecular formula is C13H15NO6. The molecule has 20 heavy (non-hydrogen) atoms. The summed E-state index contributed by atoms with van der Waals surface area (Å²) in [5.41, 5.74) is 0.197. The Balaban J connectivity index is 2.48. The lowest BCUT2D eigenvalue weighted by molar-refractivity contribution is -0.386. The zero-order chi connectivity index (χ0) is 14.7. The van der Waals surface area contributed by atoms with Gasteiger partial charge < -0.3 is 14.2 Å². The van der Waals surface area contributed by atoms with Gasteiger partial charge in [0.05, 0.1) is 43.5 Å². The van der Waals surface area contributed by atoms with E-state index >= 15 is 0 Å². The van der Waals surface area contributed by atoms with Gasteiger partial charge in [-0.2, -0.15) is 0 Å². The number of ketones is 1. The molecule has 1 fully saturated rings. The summed E-state index contributed by atoms with van der Waals surface area (Å²) in [7, 11) is 2.85. The van der Waals surface area contributed by atoms with Crippen LogP contribution in [0.2, 0.25) is 0 Å². The molecule has 0 bridgehead atoms. The third kappa shape index (κ3) is 2.72. The van der Waals surface area contributed by atoms with Crippen molar-refractivity contribution in [2.75, 3.05) is 20.8 Å². The molecule has 0 N–H and O–H groups in total. The van der Waals surface area contributed by atoms with Gasteiger partial charge in [0.2, 0.25) is 0 Å². The van der Waals surface area contributed by atoms with E-state index in [9.17, 15) is 14.9 Å². The van der Waals surface area contributed by atoms with Gasteiger partial charge in [-0.1, -0.05) is 0 Å². The van der Waals surface area contributed by atoms with Crippen molar-refractivity contribution in [2.24, 2.45) is 0 Å².